The second-order valence-corrected chi connectivity index (χ2v) is 7.84. The molecule has 28 heavy (non-hydrogen) atoms. The summed E-state index contributed by atoms with van der Waals surface area (Å²) in [5.41, 5.74) is -2.95. The molecule has 2 aliphatic rings. The van der Waals surface area contributed by atoms with Gasteiger partial charge in [0.25, 0.3) is 5.56 Å². The number of carboxylic acid groups (broad SMARTS) is 1. The first-order chi connectivity index (χ1) is 13.1. The van der Waals surface area contributed by atoms with Crippen LogP contribution in [0.5, 0.6) is 0 Å². The summed E-state index contributed by atoms with van der Waals surface area (Å²) in [6.07, 6.45) is 2.46. The van der Waals surface area contributed by atoms with Gasteiger partial charge in [-0.05, 0) is 19.8 Å². The molecule has 0 saturated carbocycles. The highest BCUT2D eigenvalue weighted by Crippen LogP contribution is 2.43. The molecule has 1 amide bonds. The number of likely N-dealkylation sites (tertiary alicyclic amines) is 1. The highest BCUT2D eigenvalue weighted by atomic mass is 16.5. The second-order valence-electron chi connectivity index (χ2n) is 7.84. The molecule has 0 aromatic carbocycles. The SMILES string of the molecule is C[C@]1(O)CC2(CCN(C(=O)CCC(=O)O)CC2)OC[C@@H]1n1ccc(=O)[nH]c1=O. The maximum atomic E-state index is 12.1. The van der Waals surface area contributed by atoms with Gasteiger partial charge < -0.3 is 19.8 Å². The topological polar surface area (TPSA) is 142 Å². The van der Waals surface area contributed by atoms with E-state index in [4.69, 9.17) is 9.84 Å². The number of amides is 1. The lowest BCUT2D eigenvalue weighted by molar-refractivity contribution is -0.198. The Morgan fingerprint density at radius 3 is 2.54 bits per heavy atom. The van der Waals surface area contributed by atoms with Gasteiger partial charge in [-0.25, -0.2) is 4.79 Å². The van der Waals surface area contributed by atoms with Gasteiger partial charge in [0.15, 0.2) is 0 Å². The van der Waals surface area contributed by atoms with Crippen LogP contribution in [0.4, 0.5) is 0 Å². The van der Waals surface area contributed by atoms with E-state index in [0.29, 0.717) is 25.9 Å². The van der Waals surface area contributed by atoms with Crippen LogP contribution >= 0.6 is 0 Å². The number of carbonyl (C=O) groups excluding carboxylic acids is 1. The minimum atomic E-state index is -1.24. The summed E-state index contributed by atoms with van der Waals surface area (Å²) in [6.45, 7) is 2.60. The first kappa shape index (κ1) is 20.3. The lowest BCUT2D eigenvalue weighted by Gasteiger charge is -2.51. The first-order valence-electron chi connectivity index (χ1n) is 9.29. The second kappa shape index (κ2) is 7.51. The van der Waals surface area contributed by atoms with Crippen LogP contribution in [0.15, 0.2) is 21.9 Å². The van der Waals surface area contributed by atoms with E-state index in [2.05, 4.69) is 4.98 Å². The molecule has 2 fully saturated rings. The Morgan fingerprint density at radius 1 is 1.29 bits per heavy atom. The molecule has 10 heteroatoms. The molecule has 2 saturated heterocycles. The van der Waals surface area contributed by atoms with Crippen LogP contribution in [0.1, 0.15) is 45.1 Å². The molecule has 2 atom stereocenters. The molecule has 1 spiro atoms. The Bertz CT molecular complexity index is 864. The Balaban J connectivity index is 1.66. The fourth-order valence-electron chi connectivity index (χ4n) is 4.17. The summed E-state index contributed by atoms with van der Waals surface area (Å²) in [5.74, 6) is -1.20. The van der Waals surface area contributed by atoms with Crippen molar-refractivity contribution in [2.75, 3.05) is 19.7 Å². The zero-order valence-electron chi connectivity index (χ0n) is 15.7. The summed E-state index contributed by atoms with van der Waals surface area (Å²) in [6, 6.07) is 0.584. The number of aliphatic carboxylic acids is 1. The first-order valence-corrected chi connectivity index (χ1v) is 9.29. The summed E-state index contributed by atoms with van der Waals surface area (Å²) in [7, 11) is 0. The molecule has 3 heterocycles. The van der Waals surface area contributed by atoms with Crippen LogP contribution in [0.3, 0.4) is 0 Å². The van der Waals surface area contributed by atoms with E-state index in [1.54, 1.807) is 11.8 Å². The van der Waals surface area contributed by atoms with Crippen molar-refractivity contribution in [1.82, 2.24) is 14.5 Å². The average molecular weight is 395 g/mol. The van der Waals surface area contributed by atoms with Crippen molar-refractivity contribution in [3.05, 3.63) is 33.1 Å². The monoisotopic (exact) mass is 395 g/mol. The number of carboxylic acids is 1. The Hall–Kier alpha value is -2.46. The Morgan fingerprint density at radius 2 is 1.96 bits per heavy atom. The number of aromatic amines is 1. The predicted molar refractivity (Wildman–Crippen MR) is 97.0 cm³/mol. The third-order valence-electron chi connectivity index (χ3n) is 5.71. The molecule has 2 aliphatic heterocycles. The number of aromatic nitrogens is 2. The van der Waals surface area contributed by atoms with Crippen LogP contribution in [0.25, 0.3) is 0 Å². The number of rotatable bonds is 4. The zero-order chi connectivity index (χ0) is 20.5. The minimum absolute atomic E-state index is 0.0297. The van der Waals surface area contributed by atoms with Crippen molar-refractivity contribution >= 4 is 11.9 Å². The number of aliphatic hydroxyl groups is 1. The number of hydrogen-bond donors (Lipinski definition) is 3. The maximum absolute atomic E-state index is 12.1. The van der Waals surface area contributed by atoms with Gasteiger partial charge in [-0.1, -0.05) is 0 Å². The smallest absolute Gasteiger partial charge is 0.328 e. The molecule has 0 aliphatic carbocycles. The van der Waals surface area contributed by atoms with E-state index >= 15 is 0 Å². The number of H-pyrrole nitrogens is 1. The van der Waals surface area contributed by atoms with Crippen LogP contribution in [-0.4, -0.2) is 67.4 Å². The fraction of sp³-hybridized carbons (Fsp3) is 0.667. The summed E-state index contributed by atoms with van der Waals surface area (Å²) >= 11 is 0. The van der Waals surface area contributed by atoms with Gasteiger partial charge in [-0.15, -0.1) is 0 Å². The number of piperidine rings is 1. The van der Waals surface area contributed by atoms with Crippen LogP contribution in [0.2, 0.25) is 0 Å². The number of ether oxygens (including phenoxy) is 1. The highest BCUT2D eigenvalue weighted by Gasteiger charge is 2.50. The largest absolute Gasteiger partial charge is 0.481 e. The molecular formula is C18H25N3O7. The lowest BCUT2D eigenvalue weighted by Crippen LogP contribution is -2.59. The molecule has 1 aromatic heterocycles. The van der Waals surface area contributed by atoms with Crippen molar-refractivity contribution in [3.63, 3.8) is 0 Å². The lowest BCUT2D eigenvalue weighted by atomic mass is 9.75. The van der Waals surface area contributed by atoms with Gasteiger partial charge >= 0.3 is 11.7 Å². The van der Waals surface area contributed by atoms with Gasteiger partial charge in [-0.3, -0.25) is 23.9 Å². The highest BCUT2D eigenvalue weighted by molar-refractivity contribution is 5.80. The van der Waals surface area contributed by atoms with E-state index in [1.165, 1.54) is 16.8 Å². The van der Waals surface area contributed by atoms with E-state index in [1.807, 2.05) is 0 Å². The minimum Gasteiger partial charge on any atom is -0.481 e. The molecular weight excluding hydrogens is 370 g/mol. The van der Waals surface area contributed by atoms with Crippen molar-refractivity contribution in [3.8, 4) is 0 Å². The van der Waals surface area contributed by atoms with E-state index < -0.39 is 34.5 Å². The third-order valence-corrected chi connectivity index (χ3v) is 5.71. The number of nitrogens with one attached hydrogen (secondary N) is 1. The van der Waals surface area contributed by atoms with Crippen LogP contribution in [-0.2, 0) is 14.3 Å². The molecule has 1 aromatic rings. The molecule has 0 radical (unpaired) electrons. The average Bonchev–Trinajstić information content (AvgIpc) is 2.61. The third kappa shape index (κ3) is 4.17. The van der Waals surface area contributed by atoms with Crippen molar-refractivity contribution in [2.45, 2.75) is 56.3 Å². The van der Waals surface area contributed by atoms with Crippen LogP contribution in [0, 0.1) is 0 Å². The van der Waals surface area contributed by atoms with Gasteiger partial charge in [0.2, 0.25) is 5.91 Å². The number of carbonyl (C=O) groups is 2. The Labute approximate surface area is 160 Å². The van der Waals surface area contributed by atoms with Gasteiger partial charge in [0.05, 0.1) is 30.3 Å². The Kier molecular flexibility index (Phi) is 5.44. The molecule has 0 bridgehead atoms. The summed E-state index contributed by atoms with van der Waals surface area (Å²) < 4.78 is 7.35. The van der Waals surface area contributed by atoms with E-state index in [9.17, 15) is 24.3 Å². The van der Waals surface area contributed by atoms with Crippen molar-refractivity contribution in [2.24, 2.45) is 0 Å². The fourth-order valence-corrected chi connectivity index (χ4v) is 4.17. The van der Waals surface area contributed by atoms with Crippen molar-refractivity contribution in [1.29, 1.82) is 0 Å². The van der Waals surface area contributed by atoms with Crippen molar-refractivity contribution < 1.29 is 24.5 Å². The number of hydrogen-bond acceptors (Lipinski definition) is 6. The number of nitrogens with zero attached hydrogens (tertiary/aromatic N) is 2. The molecule has 0 unspecified atom stereocenters. The van der Waals surface area contributed by atoms with Crippen LogP contribution < -0.4 is 11.2 Å². The standard InChI is InChI=1S/C18H25N3O7/c1-17(27)11-18(5-8-20(9-6-18)14(23)2-3-15(24)25)28-10-12(17)21-7-4-13(22)19-16(21)26/h4,7,12,27H,2-3,5-6,8-11H2,1H3,(H,24,25)(H,19,22,26)/t12-,17-/m0/s1. The quantitative estimate of drug-likeness (QED) is 0.622. The summed E-state index contributed by atoms with van der Waals surface area (Å²) in [5, 5.41) is 19.7. The predicted octanol–water partition coefficient (Wildman–Crippen LogP) is -0.525. The molecule has 3 rings (SSSR count). The van der Waals surface area contributed by atoms with Gasteiger partial charge in [-0.2, -0.15) is 0 Å². The normalized spacial score (nSPS) is 26.9. The van der Waals surface area contributed by atoms with Gasteiger partial charge in [0.1, 0.15) is 0 Å². The maximum Gasteiger partial charge on any atom is 0.328 e. The van der Waals surface area contributed by atoms with E-state index in [0.717, 1.165) is 0 Å². The zero-order valence-corrected chi connectivity index (χ0v) is 15.7. The summed E-state index contributed by atoms with van der Waals surface area (Å²) in [4.78, 5) is 49.9. The molecule has 154 valence electrons. The van der Waals surface area contributed by atoms with E-state index in [-0.39, 0.29) is 31.8 Å². The van der Waals surface area contributed by atoms with Gasteiger partial charge in [0, 0.05) is 38.2 Å². The molecule has 3 N–H and O–H groups in total. The molecule has 10 nitrogen and oxygen atoms in total.